The van der Waals surface area contributed by atoms with Gasteiger partial charge in [-0.05, 0) is 13.8 Å². The van der Waals surface area contributed by atoms with Crippen molar-refractivity contribution >= 4 is 23.3 Å². The zero-order valence-electron chi connectivity index (χ0n) is 12.4. The summed E-state index contributed by atoms with van der Waals surface area (Å²) in [7, 11) is 0. The van der Waals surface area contributed by atoms with Gasteiger partial charge in [0.2, 0.25) is 0 Å². The second-order valence-electron chi connectivity index (χ2n) is 5.48. The molecule has 1 fully saturated rings. The van der Waals surface area contributed by atoms with Crippen LogP contribution in [0.2, 0.25) is 0 Å². The maximum Gasteiger partial charge on any atom is 0.394 e. The summed E-state index contributed by atoms with van der Waals surface area (Å²) in [6.07, 6.45) is -3.02. The van der Waals surface area contributed by atoms with Gasteiger partial charge >= 0.3 is 18.2 Å². The van der Waals surface area contributed by atoms with Crippen LogP contribution in [0.4, 0.5) is 18.0 Å². The number of nitrogens with one attached hydrogen (secondary N) is 1. The molecule has 2 rings (SSSR count). The van der Waals surface area contributed by atoms with E-state index in [2.05, 4.69) is 10.3 Å². The fourth-order valence-corrected chi connectivity index (χ4v) is 3.24. The van der Waals surface area contributed by atoms with Crippen molar-refractivity contribution in [2.45, 2.75) is 26.1 Å². The van der Waals surface area contributed by atoms with Gasteiger partial charge in [0.1, 0.15) is 5.01 Å². The van der Waals surface area contributed by atoms with Crippen LogP contribution in [-0.2, 0) is 4.79 Å². The van der Waals surface area contributed by atoms with Crippen molar-refractivity contribution in [1.29, 1.82) is 0 Å². The summed E-state index contributed by atoms with van der Waals surface area (Å²) < 4.78 is 38.7. The minimum Gasteiger partial charge on any atom is -0.481 e. The van der Waals surface area contributed by atoms with E-state index in [1.807, 2.05) is 6.92 Å². The van der Waals surface area contributed by atoms with Crippen molar-refractivity contribution in [3.8, 4) is 0 Å². The van der Waals surface area contributed by atoms with Crippen LogP contribution in [0.15, 0.2) is 6.20 Å². The number of hydrogen-bond acceptors (Lipinski definition) is 4. The third kappa shape index (κ3) is 3.92. The second-order valence-corrected chi connectivity index (χ2v) is 6.74. The first-order valence-electron chi connectivity index (χ1n) is 6.87. The average molecular weight is 351 g/mol. The molecule has 2 amide bonds. The Hall–Kier alpha value is -1.84. The lowest BCUT2D eigenvalue weighted by Crippen LogP contribution is -2.40. The highest BCUT2D eigenvalue weighted by Gasteiger charge is 2.53. The average Bonchev–Trinajstić information content (AvgIpc) is 3.03. The quantitative estimate of drug-likeness (QED) is 0.876. The molecule has 0 aliphatic carbocycles. The van der Waals surface area contributed by atoms with E-state index >= 15 is 0 Å². The van der Waals surface area contributed by atoms with Crippen LogP contribution in [0.3, 0.4) is 0 Å². The highest BCUT2D eigenvalue weighted by atomic mass is 32.1. The molecule has 1 saturated heterocycles. The minimum absolute atomic E-state index is 0.463. The van der Waals surface area contributed by atoms with Gasteiger partial charge in [0.15, 0.2) is 0 Å². The molecule has 1 unspecified atom stereocenters. The SMILES string of the molecule is Cc1cnc(C(C)NC(=O)N2C[C@@H](C(F)(F)F)[C@H](C(=O)O)C2)s1. The molecule has 1 aromatic rings. The van der Waals surface area contributed by atoms with Gasteiger partial charge in [-0.25, -0.2) is 9.78 Å². The molecule has 23 heavy (non-hydrogen) atoms. The zero-order chi connectivity index (χ0) is 17.4. The van der Waals surface area contributed by atoms with Gasteiger partial charge in [0.05, 0.1) is 17.9 Å². The van der Waals surface area contributed by atoms with Crippen LogP contribution >= 0.6 is 11.3 Å². The summed E-state index contributed by atoms with van der Waals surface area (Å²) in [6, 6.07) is -1.18. The standard InChI is InChI=1S/C13H16F3N3O3S/c1-6-3-17-10(23-6)7(2)18-12(22)19-4-8(11(20)21)9(5-19)13(14,15)16/h3,7-9H,4-5H2,1-2H3,(H,18,22)(H,20,21)/t7?,8-,9-/m1/s1. The smallest absolute Gasteiger partial charge is 0.394 e. The second kappa shape index (κ2) is 6.34. The molecule has 0 radical (unpaired) electrons. The number of carboxylic acids is 1. The van der Waals surface area contributed by atoms with Crippen LogP contribution < -0.4 is 5.32 Å². The first-order chi connectivity index (χ1) is 10.6. The number of rotatable bonds is 3. The highest BCUT2D eigenvalue weighted by molar-refractivity contribution is 7.11. The minimum atomic E-state index is -4.66. The lowest BCUT2D eigenvalue weighted by atomic mass is 9.96. The van der Waals surface area contributed by atoms with Crippen molar-refractivity contribution in [1.82, 2.24) is 15.2 Å². The Morgan fingerprint density at radius 2 is 2.13 bits per heavy atom. The Labute approximate surface area is 134 Å². The molecule has 1 aliphatic rings. The molecule has 6 nitrogen and oxygen atoms in total. The number of carbonyl (C=O) groups is 2. The number of carbonyl (C=O) groups excluding carboxylic acids is 1. The van der Waals surface area contributed by atoms with Crippen LogP contribution in [0.25, 0.3) is 0 Å². The van der Waals surface area contributed by atoms with Crippen molar-refractivity contribution in [3.05, 3.63) is 16.1 Å². The topological polar surface area (TPSA) is 82.5 Å². The fraction of sp³-hybridized carbons (Fsp3) is 0.615. The summed E-state index contributed by atoms with van der Waals surface area (Å²) in [6.45, 7) is 2.40. The number of thiazole rings is 1. The van der Waals surface area contributed by atoms with Crippen LogP contribution in [-0.4, -0.2) is 46.3 Å². The van der Waals surface area contributed by atoms with Gasteiger partial charge < -0.3 is 15.3 Å². The number of aromatic nitrogens is 1. The van der Waals surface area contributed by atoms with Gasteiger partial charge in [-0.15, -0.1) is 11.3 Å². The lowest BCUT2D eigenvalue weighted by molar-refractivity contribution is -0.187. The maximum absolute atomic E-state index is 12.9. The summed E-state index contributed by atoms with van der Waals surface area (Å²) in [5.41, 5.74) is 0. The molecular formula is C13H16F3N3O3S. The third-order valence-corrected chi connectivity index (χ3v) is 4.79. The molecule has 2 N–H and O–H groups in total. The van der Waals surface area contributed by atoms with Gasteiger partial charge in [-0.1, -0.05) is 0 Å². The van der Waals surface area contributed by atoms with Crippen LogP contribution in [0, 0.1) is 18.8 Å². The largest absolute Gasteiger partial charge is 0.481 e. The van der Waals surface area contributed by atoms with E-state index in [1.54, 1.807) is 13.1 Å². The number of aryl methyl sites for hydroxylation is 1. The molecule has 3 atom stereocenters. The normalized spacial score (nSPS) is 22.9. The molecule has 0 bridgehead atoms. The van der Waals surface area contributed by atoms with Crippen molar-refractivity contribution < 1.29 is 27.9 Å². The number of amides is 2. The van der Waals surface area contributed by atoms with Crippen LogP contribution in [0.1, 0.15) is 22.9 Å². The van der Waals surface area contributed by atoms with Gasteiger partial charge in [-0.3, -0.25) is 4.79 Å². The molecule has 1 aliphatic heterocycles. The predicted octanol–water partition coefficient (Wildman–Crippen LogP) is 2.42. The first kappa shape index (κ1) is 17.5. The first-order valence-corrected chi connectivity index (χ1v) is 7.68. The summed E-state index contributed by atoms with van der Waals surface area (Å²) in [5, 5.41) is 12.1. The monoisotopic (exact) mass is 351 g/mol. The Morgan fingerprint density at radius 3 is 2.57 bits per heavy atom. The van der Waals surface area contributed by atoms with E-state index in [-0.39, 0.29) is 0 Å². The number of alkyl halides is 3. The van der Waals surface area contributed by atoms with Gasteiger partial charge in [0.25, 0.3) is 0 Å². The number of aliphatic carboxylic acids is 1. The number of halogens is 3. The van der Waals surface area contributed by atoms with Crippen molar-refractivity contribution in [2.24, 2.45) is 11.8 Å². The van der Waals surface area contributed by atoms with E-state index < -0.39 is 49.1 Å². The summed E-state index contributed by atoms with van der Waals surface area (Å²) in [4.78, 5) is 29.1. The summed E-state index contributed by atoms with van der Waals surface area (Å²) >= 11 is 1.37. The van der Waals surface area contributed by atoms with E-state index in [0.29, 0.717) is 5.01 Å². The molecule has 10 heteroatoms. The van der Waals surface area contributed by atoms with E-state index in [9.17, 15) is 22.8 Å². The van der Waals surface area contributed by atoms with Gasteiger partial charge in [0, 0.05) is 24.2 Å². The Morgan fingerprint density at radius 1 is 1.48 bits per heavy atom. The fourth-order valence-electron chi connectivity index (χ4n) is 2.46. The number of likely N-dealkylation sites (tertiary alicyclic amines) is 1. The zero-order valence-corrected chi connectivity index (χ0v) is 13.2. The number of urea groups is 1. The van der Waals surface area contributed by atoms with E-state index in [0.717, 1.165) is 9.78 Å². The molecule has 0 saturated carbocycles. The molecule has 1 aromatic heterocycles. The van der Waals surface area contributed by atoms with Crippen LogP contribution in [0.5, 0.6) is 0 Å². The van der Waals surface area contributed by atoms with Crippen molar-refractivity contribution in [2.75, 3.05) is 13.1 Å². The Bertz CT molecular complexity index is 605. The maximum atomic E-state index is 12.9. The molecular weight excluding hydrogens is 335 g/mol. The number of carboxylic acid groups (broad SMARTS) is 1. The van der Waals surface area contributed by atoms with E-state index in [4.69, 9.17) is 5.11 Å². The van der Waals surface area contributed by atoms with Gasteiger partial charge in [-0.2, -0.15) is 13.2 Å². The third-order valence-electron chi connectivity index (χ3n) is 3.69. The highest BCUT2D eigenvalue weighted by Crippen LogP contribution is 2.37. The predicted molar refractivity (Wildman–Crippen MR) is 76.0 cm³/mol. The Kier molecular flexibility index (Phi) is 4.83. The Balaban J connectivity index is 2.04. The molecule has 128 valence electrons. The number of nitrogens with zero attached hydrogens (tertiary/aromatic N) is 2. The summed E-state index contributed by atoms with van der Waals surface area (Å²) in [5.74, 6) is -5.24. The van der Waals surface area contributed by atoms with Crippen molar-refractivity contribution in [3.63, 3.8) is 0 Å². The van der Waals surface area contributed by atoms with E-state index in [1.165, 1.54) is 11.3 Å². The molecule has 0 spiro atoms. The molecule has 2 heterocycles. The lowest BCUT2D eigenvalue weighted by Gasteiger charge is -2.20. The molecule has 0 aromatic carbocycles. The number of hydrogen-bond donors (Lipinski definition) is 2.